The van der Waals surface area contributed by atoms with E-state index in [2.05, 4.69) is 10.6 Å². The molecule has 6 nitrogen and oxygen atoms in total. The summed E-state index contributed by atoms with van der Waals surface area (Å²) in [7, 11) is 0. The molecule has 1 aromatic heterocycles. The maximum absolute atomic E-state index is 12.2. The van der Waals surface area contributed by atoms with Crippen LogP contribution in [0.4, 0.5) is 5.69 Å². The molecule has 1 heterocycles. The van der Waals surface area contributed by atoms with Crippen LogP contribution in [0.5, 0.6) is 5.75 Å². The normalized spacial score (nSPS) is 11.5. The Morgan fingerprint density at radius 3 is 2.55 bits per heavy atom. The van der Waals surface area contributed by atoms with Crippen molar-refractivity contribution in [3.63, 3.8) is 0 Å². The Balaban J connectivity index is 1.44. The number of carbonyl (C=O) groups excluding carboxylic acids is 2. The number of aliphatic hydroxyl groups is 1. The van der Waals surface area contributed by atoms with Gasteiger partial charge in [0.05, 0.1) is 4.88 Å². The Labute approximate surface area is 173 Å². The molecule has 2 aromatic carbocycles. The predicted molar refractivity (Wildman–Crippen MR) is 114 cm³/mol. The zero-order valence-electron chi connectivity index (χ0n) is 15.9. The first-order valence-electron chi connectivity index (χ1n) is 9.12. The van der Waals surface area contributed by atoms with Crippen LogP contribution in [0.25, 0.3) is 0 Å². The molecule has 0 saturated carbocycles. The van der Waals surface area contributed by atoms with Crippen molar-refractivity contribution in [2.75, 3.05) is 18.5 Å². The number of nitrogens with one attached hydrogen (secondary N) is 2. The van der Waals surface area contributed by atoms with E-state index in [1.54, 1.807) is 30.3 Å². The molecule has 3 rings (SSSR count). The molecule has 1 unspecified atom stereocenters. The van der Waals surface area contributed by atoms with E-state index in [9.17, 15) is 14.7 Å². The number of hydrogen-bond acceptors (Lipinski definition) is 5. The summed E-state index contributed by atoms with van der Waals surface area (Å²) in [5.41, 5.74) is 2.11. The summed E-state index contributed by atoms with van der Waals surface area (Å²) in [6.07, 6.45) is -0.830. The molecule has 3 aromatic rings. The van der Waals surface area contributed by atoms with Crippen molar-refractivity contribution >= 4 is 28.8 Å². The van der Waals surface area contributed by atoms with Gasteiger partial charge in [-0.3, -0.25) is 9.59 Å². The van der Waals surface area contributed by atoms with Gasteiger partial charge in [0, 0.05) is 17.8 Å². The number of hydrogen-bond donors (Lipinski definition) is 3. The summed E-state index contributed by atoms with van der Waals surface area (Å²) in [6.45, 7) is 2.11. The van der Waals surface area contributed by atoms with E-state index in [0.29, 0.717) is 21.9 Å². The highest BCUT2D eigenvalue weighted by molar-refractivity contribution is 7.12. The number of anilines is 1. The van der Waals surface area contributed by atoms with Gasteiger partial charge in [-0.1, -0.05) is 18.2 Å². The van der Waals surface area contributed by atoms with Gasteiger partial charge in [0.15, 0.2) is 0 Å². The zero-order valence-corrected chi connectivity index (χ0v) is 16.7. The van der Waals surface area contributed by atoms with Gasteiger partial charge in [0.2, 0.25) is 0 Å². The number of ether oxygens (including phenoxy) is 1. The Morgan fingerprint density at radius 2 is 1.86 bits per heavy atom. The van der Waals surface area contributed by atoms with Crippen molar-refractivity contribution < 1.29 is 19.4 Å². The van der Waals surface area contributed by atoms with Gasteiger partial charge in [-0.2, -0.15) is 0 Å². The fraction of sp³-hybridized carbons (Fsp3) is 0.182. The van der Waals surface area contributed by atoms with Crippen molar-refractivity contribution in [2.24, 2.45) is 0 Å². The van der Waals surface area contributed by atoms with Crippen LogP contribution in [0.3, 0.4) is 0 Å². The molecule has 2 amide bonds. The molecule has 3 N–H and O–H groups in total. The van der Waals surface area contributed by atoms with Gasteiger partial charge in [0.25, 0.3) is 11.8 Å². The molecule has 29 heavy (non-hydrogen) atoms. The van der Waals surface area contributed by atoms with E-state index in [1.807, 2.05) is 42.6 Å². The van der Waals surface area contributed by atoms with Gasteiger partial charge in [-0.15, -0.1) is 11.3 Å². The quantitative estimate of drug-likeness (QED) is 0.531. The van der Waals surface area contributed by atoms with Gasteiger partial charge >= 0.3 is 0 Å². The van der Waals surface area contributed by atoms with E-state index in [1.165, 1.54) is 11.3 Å². The van der Waals surface area contributed by atoms with Gasteiger partial charge in [-0.25, -0.2) is 0 Å². The van der Waals surface area contributed by atoms with E-state index in [0.717, 1.165) is 5.56 Å². The van der Waals surface area contributed by atoms with E-state index >= 15 is 0 Å². The standard InChI is InChI=1S/C22H22N2O4S/c1-15-4-2-5-19(12-15)28-14-18(25)13-23-21(26)16-7-9-17(10-8-16)24-22(27)20-6-3-11-29-20/h2-12,18,25H,13-14H2,1H3,(H,23,26)(H,24,27). The maximum atomic E-state index is 12.2. The molecule has 0 fully saturated rings. The average Bonchev–Trinajstić information content (AvgIpc) is 3.26. The molecular formula is C22H22N2O4S. The SMILES string of the molecule is Cc1cccc(OCC(O)CNC(=O)c2ccc(NC(=O)c3cccs3)cc2)c1. The second-order valence-corrected chi connectivity index (χ2v) is 7.45. The van der Waals surface area contributed by atoms with E-state index in [-0.39, 0.29) is 25.0 Å². The first kappa shape index (κ1) is 20.6. The molecular weight excluding hydrogens is 388 g/mol. The fourth-order valence-electron chi connectivity index (χ4n) is 2.57. The first-order chi connectivity index (χ1) is 14.0. The predicted octanol–water partition coefficient (Wildman–Crippen LogP) is 3.48. The number of carbonyl (C=O) groups is 2. The average molecular weight is 410 g/mol. The van der Waals surface area contributed by atoms with Crippen molar-refractivity contribution in [1.82, 2.24) is 5.32 Å². The van der Waals surface area contributed by atoms with Gasteiger partial charge in [-0.05, 0) is 60.3 Å². The maximum Gasteiger partial charge on any atom is 0.265 e. The molecule has 0 bridgehead atoms. The highest BCUT2D eigenvalue weighted by Gasteiger charge is 2.11. The molecule has 0 aliphatic carbocycles. The number of thiophene rings is 1. The minimum Gasteiger partial charge on any atom is -0.491 e. The minimum absolute atomic E-state index is 0.0709. The topological polar surface area (TPSA) is 87.7 Å². The summed E-state index contributed by atoms with van der Waals surface area (Å²) in [5, 5.41) is 17.3. The van der Waals surface area contributed by atoms with Crippen LogP contribution in [0, 0.1) is 6.92 Å². The van der Waals surface area contributed by atoms with Crippen LogP contribution in [-0.4, -0.2) is 36.2 Å². The first-order valence-corrected chi connectivity index (χ1v) is 10.00. The summed E-state index contributed by atoms with van der Waals surface area (Å²) in [5.74, 6) is 0.181. The number of aliphatic hydroxyl groups excluding tert-OH is 1. The van der Waals surface area contributed by atoms with Crippen LogP contribution in [0.2, 0.25) is 0 Å². The van der Waals surface area contributed by atoms with Crippen LogP contribution in [0.1, 0.15) is 25.6 Å². The van der Waals surface area contributed by atoms with E-state index in [4.69, 9.17) is 4.74 Å². The largest absolute Gasteiger partial charge is 0.491 e. The van der Waals surface area contributed by atoms with Crippen LogP contribution < -0.4 is 15.4 Å². The lowest BCUT2D eigenvalue weighted by molar-refractivity contribution is 0.0843. The molecule has 150 valence electrons. The van der Waals surface area contributed by atoms with Crippen molar-refractivity contribution in [1.29, 1.82) is 0 Å². The van der Waals surface area contributed by atoms with Crippen LogP contribution >= 0.6 is 11.3 Å². The summed E-state index contributed by atoms with van der Waals surface area (Å²) >= 11 is 1.36. The highest BCUT2D eigenvalue weighted by Crippen LogP contribution is 2.15. The van der Waals surface area contributed by atoms with Crippen molar-refractivity contribution in [3.05, 3.63) is 82.0 Å². The van der Waals surface area contributed by atoms with Crippen molar-refractivity contribution in [2.45, 2.75) is 13.0 Å². The zero-order chi connectivity index (χ0) is 20.6. The number of amides is 2. The lowest BCUT2D eigenvalue weighted by atomic mass is 10.2. The van der Waals surface area contributed by atoms with Gasteiger partial charge < -0.3 is 20.5 Å². The monoisotopic (exact) mass is 410 g/mol. The fourth-order valence-corrected chi connectivity index (χ4v) is 3.19. The molecule has 0 saturated heterocycles. The van der Waals surface area contributed by atoms with Gasteiger partial charge in [0.1, 0.15) is 18.5 Å². The lowest BCUT2D eigenvalue weighted by Gasteiger charge is -2.14. The number of benzene rings is 2. The molecule has 0 radical (unpaired) electrons. The minimum atomic E-state index is -0.830. The van der Waals surface area contributed by atoms with E-state index < -0.39 is 6.10 Å². The number of aryl methyl sites for hydroxylation is 1. The molecule has 0 aliphatic rings. The highest BCUT2D eigenvalue weighted by atomic mass is 32.1. The second kappa shape index (κ2) is 9.86. The third-order valence-electron chi connectivity index (χ3n) is 4.08. The smallest absolute Gasteiger partial charge is 0.265 e. The Hall–Kier alpha value is -3.16. The Bertz CT molecular complexity index is 955. The lowest BCUT2D eigenvalue weighted by Crippen LogP contribution is -2.35. The Kier molecular flexibility index (Phi) is 6.99. The molecule has 0 aliphatic heterocycles. The summed E-state index contributed by atoms with van der Waals surface area (Å²) in [4.78, 5) is 24.9. The Morgan fingerprint density at radius 1 is 1.07 bits per heavy atom. The number of rotatable bonds is 8. The van der Waals surface area contributed by atoms with Crippen molar-refractivity contribution in [3.8, 4) is 5.75 Å². The third kappa shape index (κ3) is 6.17. The summed E-state index contributed by atoms with van der Waals surface area (Å²) in [6, 6.07) is 17.7. The summed E-state index contributed by atoms with van der Waals surface area (Å²) < 4.78 is 5.53. The van der Waals surface area contributed by atoms with Crippen LogP contribution in [0.15, 0.2) is 66.0 Å². The second-order valence-electron chi connectivity index (χ2n) is 6.50. The molecule has 0 spiro atoms. The van der Waals surface area contributed by atoms with Crippen LogP contribution in [-0.2, 0) is 0 Å². The molecule has 7 heteroatoms. The molecule has 1 atom stereocenters. The third-order valence-corrected chi connectivity index (χ3v) is 4.95.